The molecule has 0 aliphatic rings. The fourth-order valence-electron chi connectivity index (χ4n) is 11.1. The standard InChI is InChI=1S/C72H62N4O6/c1-47-9-13-49(14-10-47)73(51-17-29-57(77-3)30-18-51)67-45-69(75(53-21-33-59(79-5)34-22-53)54-23-35-60(80-6)36-24-54)65-44-42-64-68(74(50-15-11-48(2)12-16-50)52-19-31-58(78-4)32-20-52)46-70(66-43-41-63(67)71(65)72(64)66)76(55-25-37-61(81-7)38-26-55)56-27-39-62(82-8)40-28-56/h9-46H,1-8H3. The Morgan fingerprint density at radius 2 is 0.366 bits per heavy atom. The van der Waals surface area contributed by atoms with E-state index >= 15 is 0 Å². The van der Waals surface area contributed by atoms with E-state index in [9.17, 15) is 0 Å². The summed E-state index contributed by atoms with van der Waals surface area (Å²) in [5.41, 5.74) is 13.8. The van der Waals surface area contributed by atoms with Gasteiger partial charge in [0.1, 0.15) is 34.5 Å². The largest absolute Gasteiger partial charge is 0.497 e. The van der Waals surface area contributed by atoms with Crippen LogP contribution in [0.4, 0.5) is 68.2 Å². The van der Waals surface area contributed by atoms with E-state index in [-0.39, 0.29) is 0 Å². The lowest BCUT2D eigenvalue weighted by Crippen LogP contribution is -2.16. The van der Waals surface area contributed by atoms with Crippen molar-refractivity contribution in [2.45, 2.75) is 13.8 Å². The minimum absolute atomic E-state index is 0.757. The van der Waals surface area contributed by atoms with Gasteiger partial charge in [0.25, 0.3) is 0 Å². The molecule has 82 heavy (non-hydrogen) atoms. The zero-order chi connectivity index (χ0) is 56.4. The monoisotopic (exact) mass is 1080 g/mol. The van der Waals surface area contributed by atoms with Crippen molar-refractivity contribution in [3.05, 3.63) is 242 Å². The van der Waals surface area contributed by atoms with Gasteiger partial charge in [-0.15, -0.1) is 0 Å². The van der Waals surface area contributed by atoms with Crippen molar-refractivity contribution in [2.24, 2.45) is 0 Å². The first-order valence-corrected chi connectivity index (χ1v) is 27.2. The van der Waals surface area contributed by atoms with E-state index in [0.717, 1.165) is 146 Å². The van der Waals surface area contributed by atoms with Crippen LogP contribution in [0.15, 0.2) is 231 Å². The molecule has 0 unspecified atom stereocenters. The summed E-state index contributed by atoms with van der Waals surface area (Å²) >= 11 is 0. The number of anilines is 12. The molecule has 0 radical (unpaired) electrons. The number of ether oxygens (including phenoxy) is 6. The molecule has 0 aliphatic heterocycles. The van der Waals surface area contributed by atoms with Gasteiger partial charge in [0.2, 0.25) is 0 Å². The van der Waals surface area contributed by atoms with Gasteiger partial charge in [0.15, 0.2) is 0 Å². The topological polar surface area (TPSA) is 68.3 Å². The Kier molecular flexibility index (Phi) is 14.3. The first-order valence-electron chi connectivity index (χ1n) is 27.2. The molecule has 10 heteroatoms. The van der Waals surface area contributed by atoms with E-state index in [1.807, 2.05) is 72.8 Å². The number of methoxy groups -OCH3 is 6. The number of hydrogen-bond acceptors (Lipinski definition) is 10. The Balaban J connectivity index is 1.28. The van der Waals surface area contributed by atoms with Crippen LogP contribution in [0.25, 0.3) is 32.3 Å². The van der Waals surface area contributed by atoms with Crippen molar-refractivity contribution in [2.75, 3.05) is 62.3 Å². The van der Waals surface area contributed by atoms with Gasteiger partial charge in [0.05, 0.1) is 65.4 Å². The number of benzene rings is 12. The molecule has 12 rings (SSSR count). The maximum absolute atomic E-state index is 5.76. The molecule has 0 fully saturated rings. The Morgan fingerprint density at radius 3 is 0.524 bits per heavy atom. The molecular weight excluding hydrogens is 1020 g/mol. The van der Waals surface area contributed by atoms with Gasteiger partial charge in [-0.2, -0.15) is 0 Å². The molecule has 0 aromatic heterocycles. The number of nitrogens with zero attached hydrogens (tertiary/aromatic N) is 4. The SMILES string of the molecule is COc1ccc(N(c2ccc(C)cc2)c2cc(N(c3ccc(OC)cc3)c3ccc(OC)cc3)c3ccc4c(N(c5ccc(C)cc5)c5ccc(OC)cc5)cc(N(c5ccc(OC)cc5)c5ccc(OC)cc5)c5ccc2c3c45)cc1. The van der Waals surface area contributed by atoms with Gasteiger partial charge in [-0.3, -0.25) is 0 Å². The number of aryl methyl sites for hydroxylation is 2. The highest BCUT2D eigenvalue weighted by molar-refractivity contribution is 6.33. The van der Waals surface area contributed by atoms with Crippen LogP contribution in [0.5, 0.6) is 34.5 Å². The summed E-state index contributed by atoms with van der Waals surface area (Å²) in [6, 6.07) is 81.2. The van der Waals surface area contributed by atoms with E-state index in [0.29, 0.717) is 0 Å². The van der Waals surface area contributed by atoms with Crippen LogP contribution < -0.4 is 48.0 Å². The van der Waals surface area contributed by atoms with Crippen molar-refractivity contribution >= 4 is 101 Å². The lowest BCUT2D eigenvalue weighted by molar-refractivity contribution is 0.414. The van der Waals surface area contributed by atoms with Crippen molar-refractivity contribution in [3.63, 3.8) is 0 Å². The van der Waals surface area contributed by atoms with Crippen LogP contribution in [0, 0.1) is 13.8 Å². The molecule has 10 nitrogen and oxygen atoms in total. The third-order valence-electron chi connectivity index (χ3n) is 15.3. The van der Waals surface area contributed by atoms with Crippen LogP contribution in [-0.4, -0.2) is 42.7 Å². The first kappa shape index (κ1) is 52.4. The van der Waals surface area contributed by atoms with E-state index < -0.39 is 0 Å². The third-order valence-corrected chi connectivity index (χ3v) is 15.3. The lowest BCUT2D eigenvalue weighted by Gasteiger charge is -2.34. The highest BCUT2D eigenvalue weighted by Crippen LogP contribution is 2.55. The summed E-state index contributed by atoms with van der Waals surface area (Å²) < 4.78 is 34.6. The average Bonchev–Trinajstić information content (AvgIpc) is 3.71. The fourth-order valence-corrected chi connectivity index (χ4v) is 11.1. The van der Waals surface area contributed by atoms with Crippen LogP contribution in [-0.2, 0) is 0 Å². The van der Waals surface area contributed by atoms with Crippen LogP contribution in [0.2, 0.25) is 0 Å². The molecule has 0 saturated heterocycles. The molecule has 0 aliphatic carbocycles. The summed E-state index contributed by atoms with van der Waals surface area (Å²) in [6.07, 6.45) is 0. The molecule has 0 amide bonds. The minimum atomic E-state index is 0.757. The smallest absolute Gasteiger partial charge is 0.119 e. The van der Waals surface area contributed by atoms with Crippen LogP contribution in [0.3, 0.4) is 0 Å². The van der Waals surface area contributed by atoms with Crippen LogP contribution in [0.1, 0.15) is 11.1 Å². The highest BCUT2D eigenvalue weighted by atomic mass is 16.5. The maximum Gasteiger partial charge on any atom is 0.119 e. The number of hydrogen-bond donors (Lipinski definition) is 0. The zero-order valence-corrected chi connectivity index (χ0v) is 47.2. The van der Waals surface area contributed by atoms with Gasteiger partial charge in [-0.05, 0) is 196 Å². The normalized spacial score (nSPS) is 11.2. The number of rotatable bonds is 18. The lowest BCUT2D eigenvalue weighted by atomic mass is 9.89. The zero-order valence-electron chi connectivity index (χ0n) is 47.2. The Labute approximate surface area is 479 Å². The first-order chi connectivity index (χ1) is 40.2. The molecule has 0 heterocycles. The molecular formula is C72H62N4O6. The molecule has 0 atom stereocenters. The van der Waals surface area contributed by atoms with Crippen molar-refractivity contribution in [1.29, 1.82) is 0 Å². The van der Waals surface area contributed by atoms with E-state index in [4.69, 9.17) is 28.4 Å². The summed E-state index contributed by atoms with van der Waals surface area (Å²) in [7, 11) is 10.2. The second-order valence-corrected chi connectivity index (χ2v) is 20.1. The van der Waals surface area contributed by atoms with Gasteiger partial charge in [0, 0.05) is 77.8 Å². The van der Waals surface area contributed by atoms with Crippen molar-refractivity contribution in [1.82, 2.24) is 0 Å². The van der Waals surface area contributed by atoms with E-state index in [1.54, 1.807) is 42.7 Å². The summed E-state index contributed by atoms with van der Waals surface area (Å²) in [4.78, 5) is 9.42. The molecule has 0 N–H and O–H groups in total. The predicted octanol–water partition coefficient (Wildman–Crippen LogP) is 19.1. The molecule has 0 saturated carbocycles. The molecule has 406 valence electrons. The molecule has 0 spiro atoms. The van der Waals surface area contributed by atoms with E-state index in [1.165, 1.54) is 0 Å². The van der Waals surface area contributed by atoms with Gasteiger partial charge in [-0.1, -0.05) is 59.7 Å². The fraction of sp³-hybridized carbons (Fsp3) is 0.111. The van der Waals surface area contributed by atoms with Gasteiger partial charge >= 0.3 is 0 Å². The van der Waals surface area contributed by atoms with E-state index in [2.05, 4.69) is 191 Å². The van der Waals surface area contributed by atoms with Gasteiger partial charge < -0.3 is 48.0 Å². The average molecular weight is 1080 g/mol. The Bertz CT molecular complexity index is 3790. The second-order valence-electron chi connectivity index (χ2n) is 20.1. The highest BCUT2D eigenvalue weighted by Gasteiger charge is 2.29. The molecule has 12 aromatic rings. The molecule has 12 aromatic carbocycles. The quantitative estimate of drug-likeness (QED) is 0.0776. The predicted molar refractivity (Wildman–Crippen MR) is 338 cm³/mol. The van der Waals surface area contributed by atoms with Gasteiger partial charge in [-0.25, -0.2) is 0 Å². The summed E-state index contributed by atoms with van der Waals surface area (Å²) in [6.45, 7) is 4.25. The van der Waals surface area contributed by atoms with Crippen molar-refractivity contribution in [3.8, 4) is 34.5 Å². The van der Waals surface area contributed by atoms with Crippen molar-refractivity contribution < 1.29 is 28.4 Å². The minimum Gasteiger partial charge on any atom is -0.497 e. The van der Waals surface area contributed by atoms with Crippen LogP contribution >= 0.6 is 0 Å². The molecule has 0 bridgehead atoms. The Hall–Kier alpha value is -10.3. The second kappa shape index (κ2) is 22.4. The summed E-state index contributed by atoms with van der Waals surface area (Å²) in [5.74, 6) is 4.56. The maximum atomic E-state index is 5.76. The third kappa shape index (κ3) is 9.74. The Morgan fingerprint density at radius 1 is 0.207 bits per heavy atom. The summed E-state index contributed by atoms with van der Waals surface area (Å²) in [5, 5.41) is 6.33.